The fourth-order valence-corrected chi connectivity index (χ4v) is 4.86. The second-order valence-electron chi connectivity index (χ2n) is 9.07. The normalized spacial score (nSPS) is 14.4. The number of nitrogen functional groups attached to an aromatic ring is 1. The summed E-state index contributed by atoms with van der Waals surface area (Å²) in [4.78, 5) is 19.2. The molecule has 0 aliphatic carbocycles. The van der Waals surface area contributed by atoms with E-state index >= 15 is 0 Å². The van der Waals surface area contributed by atoms with E-state index in [9.17, 15) is 9.18 Å². The number of piperidine rings is 1. The molecule has 1 amide bonds. The molecule has 2 N–H and O–H groups in total. The van der Waals surface area contributed by atoms with Gasteiger partial charge in [-0.15, -0.1) is 0 Å². The van der Waals surface area contributed by atoms with Crippen molar-refractivity contribution in [2.45, 2.75) is 31.6 Å². The van der Waals surface area contributed by atoms with Gasteiger partial charge in [0.2, 0.25) is 0 Å². The number of aromatic nitrogens is 1. The summed E-state index contributed by atoms with van der Waals surface area (Å²) < 4.78 is 13.4. The third-order valence-electron chi connectivity index (χ3n) is 6.87. The second kappa shape index (κ2) is 9.64. The Hall–Kier alpha value is -3.73. The predicted octanol–water partition coefficient (Wildman–Crippen LogP) is 5.76. The lowest BCUT2D eigenvalue weighted by Gasteiger charge is -2.32. The SMILES string of the molecule is Nc1nccc2ccc(C3CCN(C(=O)c4ccc(CCc5cccc(F)c5)cc4)CC3)cc12. The fourth-order valence-electron chi connectivity index (χ4n) is 4.86. The summed E-state index contributed by atoms with van der Waals surface area (Å²) in [5.41, 5.74) is 10.2. The van der Waals surface area contributed by atoms with Crippen molar-refractivity contribution in [2.75, 3.05) is 18.8 Å². The number of nitrogens with zero attached hydrogens (tertiary/aromatic N) is 2. The van der Waals surface area contributed by atoms with Gasteiger partial charge in [-0.05, 0) is 90.1 Å². The van der Waals surface area contributed by atoms with Gasteiger partial charge in [0.25, 0.3) is 5.91 Å². The number of amides is 1. The van der Waals surface area contributed by atoms with Gasteiger partial charge in [0.15, 0.2) is 0 Å². The van der Waals surface area contributed by atoms with Crippen LogP contribution in [0.25, 0.3) is 10.8 Å². The highest BCUT2D eigenvalue weighted by atomic mass is 19.1. The molecule has 5 rings (SSSR count). The Bertz CT molecular complexity index is 1310. The molecule has 172 valence electrons. The first-order valence-corrected chi connectivity index (χ1v) is 11.8. The quantitative estimate of drug-likeness (QED) is 0.418. The summed E-state index contributed by atoms with van der Waals surface area (Å²) in [5, 5.41) is 2.10. The van der Waals surface area contributed by atoms with Crippen molar-refractivity contribution < 1.29 is 9.18 Å². The van der Waals surface area contributed by atoms with Gasteiger partial charge >= 0.3 is 0 Å². The van der Waals surface area contributed by atoms with Crippen LogP contribution >= 0.6 is 0 Å². The topological polar surface area (TPSA) is 59.2 Å². The van der Waals surface area contributed by atoms with E-state index in [1.165, 1.54) is 11.6 Å². The van der Waals surface area contributed by atoms with Crippen LogP contribution in [0.5, 0.6) is 0 Å². The Kier molecular flexibility index (Phi) is 6.26. The van der Waals surface area contributed by atoms with E-state index < -0.39 is 0 Å². The third kappa shape index (κ3) is 4.79. The number of hydrogen-bond acceptors (Lipinski definition) is 3. The average Bonchev–Trinajstić information content (AvgIpc) is 2.88. The molecule has 0 unspecified atom stereocenters. The summed E-state index contributed by atoms with van der Waals surface area (Å²) in [7, 11) is 0. The van der Waals surface area contributed by atoms with Crippen molar-refractivity contribution in [3.8, 4) is 0 Å². The lowest BCUT2D eigenvalue weighted by Crippen LogP contribution is -2.37. The minimum absolute atomic E-state index is 0.0853. The number of pyridine rings is 1. The number of likely N-dealkylation sites (tertiary alicyclic amines) is 1. The van der Waals surface area contributed by atoms with Gasteiger partial charge in [-0.25, -0.2) is 9.37 Å². The number of fused-ring (bicyclic) bond motifs is 1. The van der Waals surface area contributed by atoms with Gasteiger partial charge in [-0.2, -0.15) is 0 Å². The van der Waals surface area contributed by atoms with Crippen molar-refractivity contribution in [3.05, 3.63) is 107 Å². The summed E-state index contributed by atoms with van der Waals surface area (Å²) in [5.74, 6) is 0.857. The highest BCUT2D eigenvalue weighted by Gasteiger charge is 2.25. The Labute approximate surface area is 199 Å². The van der Waals surface area contributed by atoms with Crippen LogP contribution in [0.15, 0.2) is 79.0 Å². The van der Waals surface area contributed by atoms with Gasteiger partial charge < -0.3 is 10.6 Å². The number of hydrogen-bond donors (Lipinski definition) is 1. The minimum Gasteiger partial charge on any atom is -0.383 e. The maximum atomic E-state index is 13.4. The highest BCUT2D eigenvalue weighted by Crippen LogP contribution is 2.31. The molecule has 0 bridgehead atoms. The van der Waals surface area contributed by atoms with Crippen LogP contribution in [0, 0.1) is 5.82 Å². The Morgan fingerprint density at radius 1 is 0.941 bits per heavy atom. The molecule has 1 saturated heterocycles. The molecular formula is C29H28FN3O. The number of nitrogens with two attached hydrogens (primary N) is 1. The van der Waals surface area contributed by atoms with E-state index in [0.717, 1.165) is 66.2 Å². The van der Waals surface area contributed by atoms with Crippen molar-refractivity contribution in [2.24, 2.45) is 0 Å². The molecule has 4 aromatic rings. The van der Waals surface area contributed by atoms with E-state index in [0.29, 0.717) is 11.7 Å². The molecule has 1 aliphatic heterocycles. The number of carbonyl (C=O) groups excluding carboxylic acids is 1. The Morgan fingerprint density at radius 2 is 1.71 bits per heavy atom. The monoisotopic (exact) mass is 453 g/mol. The number of rotatable bonds is 5. The summed E-state index contributed by atoms with van der Waals surface area (Å²) in [6, 6.07) is 23.0. The van der Waals surface area contributed by atoms with Gasteiger partial charge in [0.1, 0.15) is 11.6 Å². The van der Waals surface area contributed by atoms with Crippen LogP contribution in [0.1, 0.15) is 45.8 Å². The Morgan fingerprint density at radius 3 is 2.47 bits per heavy atom. The summed E-state index contributed by atoms with van der Waals surface area (Å²) in [6.45, 7) is 1.48. The molecule has 1 aromatic heterocycles. The molecule has 0 saturated carbocycles. The molecule has 34 heavy (non-hydrogen) atoms. The smallest absolute Gasteiger partial charge is 0.253 e. The number of carbonyl (C=O) groups is 1. The van der Waals surface area contributed by atoms with E-state index in [1.54, 1.807) is 18.3 Å². The maximum absolute atomic E-state index is 13.4. The zero-order chi connectivity index (χ0) is 23.5. The summed E-state index contributed by atoms with van der Waals surface area (Å²) in [6.07, 6.45) is 5.19. The van der Waals surface area contributed by atoms with E-state index in [4.69, 9.17) is 5.73 Å². The lowest BCUT2D eigenvalue weighted by atomic mass is 9.88. The van der Waals surface area contributed by atoms with E-state index in [2.05, 4.69) is 23.2 Å². The van der Waals surface area contributed by atoms with Crippen LogP contribution in [0.3, 0.4) is 0 Å². The van der Waals surface area contributed by atoms with Crippen LogP contribution in [-0.2, 0) is 12.8 Å². The Balaban J connectivity index is 1.18. The first kappa shape index (κ1) is 22.1. The van der Waals surface area contributed by atoms with Crippen molar-refractivity contribution in [3.63, 3.8) is 0 Å². The van der Waals surface area contributed by atoms with Crippen LogP contribution in [0.4, 0.5) is 10.2 Å². The lowest BCUT2D eigenvalue weighted by molar-refractivity contribution is 0.0713. The molecule has 1 aliphatic rings. The van der Waals surface area contributed by atoms with E-state index in [-0.39, 0.29) is 11.7 Å². The zero-order valence-electron chi connectivity index (χ0n) is 19.1. The average molecular weight is 454 g/mol. The van der Waals surface area contributed by atoms with Gasteiger partial charge in [-0.3, -0.25) is 4.79 Å². The highest BCUT2D eigenvalue weighted by molar-refractivity contribution is 5.94. The van der Waals surface area contributed by atoms with Crippen LogP contribution in [-0.4, -0.2) is 28.9 Å². The minimum atomic E-state index is -0.205. The standard InChI is InChI=1S/C29H28FN3O/c30-26-3-1-2-21(18-26)5-4-20-6-8-24(9-7-20)29(34)33-16-13-22(14-17-33)25-11-10-23-12-15-32-28(31)27(23)19-25/h1-3,6-12,15,18-19,22H,4-5,13-14,16-17H2,(H2,31,32). The number of anilines is 1. The van der Waals surface area contributed by atoms with E-state index in [1.807, 2.05) is 41.3 Å². The fraction of sp³-hybridized carbons (Fsp3) is 0.241. The number of benzene rings is 3. The molecular weight excluding hydrogens is 425 g/mol. The van der Waals surface area contributed by atoms with Crippen molar-refractivity contribution in [1.82, 2.24) is 9.88 Å². The van der Waals surface area contributed by atoms with Gasteiger partial charge in [0, 0.05) is 30.2 Å². The third-order valence-corrected chi connectivity index (χ3v) is 6.87. The van der Waals surface area contributed by atoms with Crippen LogP contribution < -0.4 is 5.73 Å². The molecule has 0 radical (unpaired) electrons. The van der Waals surface area contributed by atoms with Gasteiger partial charge in [0.05, 0.1) is 0 Å². The predicted molar refractivity (Wildman–Crippen MR) is 134 cm³/mol. The maximum Gasteiger partial charge on any atom is 0.253 e. The molecule has 4 nitrogen and oxygen atoms in total. The largest absolute Gasteiger partial charge is 0.383 e. The zero-order valence-corrected chi connectivity index (χ0v) is 19.1. The summed E-state index contributed by atoms with van der Waals surface area (Å²) >= 11 is 0. The van der Waals surface area contributed by atoms with Crippen molar-refractivity contribution in [1.29, 1.82) is 0 Å². The molecule has 0 spiro atoms. The number of halogens is 1. The molecule has 2 heterocycles. The molecule has 3 aromatic carbocycles. The van der Waals surface area contributed by atoms with Crippen molar-refractivity contribution >= 4 is 22.5 Å². The first-order valence-electron chi connectivity index (χ1n) is 11.8. The first-order chi connectivity index (χ1) is 16.6. The second-order valence-corrected chi connectivity index (χ2v) is 9.07. The number of aryl methyl sites for hydroxylation is 2. The molecule has 1 fully saturated rings. The van der Waals surface area contributed by atoms with Crippen LogP contribution in [0.2, 0.25) is 0 Å². The molecule has 5 heteroatoms. The van der Waals surface area contributed by atoms with Gasteiger partial charge in [-0.1, -0.05) is 36.4 Å². The molecule has 0 atom stereocenters.